The number of hydrogen-bond donors (Lipinski definition) is 2. The largest absolute Gasteiger partial charge is 0.395 e. The molecule has 84 valence electrons. The monoisotopic (exact) mass is 247 g/mol. The van der Waals surface area contributed by atoms with E-state index in [-0.39, 0.29) is 18.7 Å². The number of aliphatic hydroxyl groups is 1. The summed E-state index contributed by atoms with van der Waals surface area (Å²) in [5.74, 6) is 0. The molecule has 2 nitrogen and oxygen atoms in total. The van der Waals surface area contributed by atoms with Gasteiger partial charge in [0.05, 0.1) is 6.61 Å². The molecule has 1 rings (SSSR count). The van der Waals surface area contributed by atoms with Crippen LogP contribution in [0.2, 0.25) is 10.0 Å². The van der Waals surface area contributed by atoms with Gasteiger partial charge < -0.3 is 10.4 Å². The van der Waals surface area contributed by atoms with Gasteiger partial charge in [-0.05, 0) is 37.6 Å². The number of aliphatic hydroxyl groups excluding tert-OH is 1. The molecule has 0 heterocycles. The molecular formula is C11H15Cl2NO. The maximum Gasteiger partial charge on any atom is 0.0582 e. The van der Waals surface area contributed by atoms with E-state index in [1.165, 1.54) is 0 Å². The van der Waals surface area contributed by atoms with Crippen LogP contribution in [0.25, 0.3) is 0 Å². The Kier molecular flexibility index (Phi) is 4.87. The highest BCUT2D eigenvalue weighted by Crippen LogP contribution is 2.26. The Morgan fingerprint density at radius 3 is 2.60 bits per heavy atom. The van der Waals surface area contributed by atoms with E-state index in [0.29, 0.717) is 10.0 Å². The summed E-state index contributed by atoms with van der Waals surface area (Å²) >= 11 is 12.0. The van der Waals surface area contributed by atoms with E-state index in [2.05, 4.69) is 5.32 Å². The highest BCUT2D eigenvalue weighted by molar-refractivity contribution is 6.33. The fourth-order valence-corrected chi connectivity index (χ4v) is 1.88. The maximum absolute atomic E-state index is 8.93. The third-order valence-electron chi connectivity index (χ3n) is 2.23. The van der Waals surface area contributed by atoms with Crippen LogP contribution in [-0.2, 0) is 0 Å². The van der Waals surface area contributed by atoms with E-state index >= 15 is 0 Å². The first-order valence-corrected chi connectivity index (χ1v) is 5.62. The molecule has 0 aliphatic carbocycles. The number of rotatable bonds is 4. The molecular weight excluding hydrogens is 233 g/mol. The number of halogens is 2. The second-order valence-electron chi connectivity index (χ2n) is 3.64. The van der Waals surface area contributed by atoms with Gasteiger partial charge in [-0.2, -0.15) is 0 Å². The standard InChI is InChI=1S/C11H15Cl2NO/c1-7(6-15)14-8(2)10-5-9(12)3-4-11(10)13/h3-5,7-8,14-15H,6H2,1-2H3. The van der Waals surface area contributed by atoms with Crippen LogP contribution in [0.4, 0.5) is 0 Å². The average molecular weight is 248 g/mol. The van der Waals surface area contributed by atoms with Gasteiger partial charge in [-0.1, -0.05) is 23.2 Å². The van der Waals surface area contributed by atoms with Crippen LogP contribution in [-0.4, -0.2) is 17.8 Å². The SMILES string of the molecule is CC(CO)NC(C)c1cc(Cl)ccc1Cl. The van der Waals surface area contributed by atoms with Crippen LogP contribution in [0, 0.1) is 0 Å². The topological polar surface area (TPSA) is 32.3 Å². The molecule has 4 heteroatoms. The van der Waals surface area contributed by atoms with Crippen LogP contribution in [0.3, 0.4) is 0 Å². The van der Waals surface area contributed by atoms with Crippen molar-refractivity contribution in [2.24, 2.45) is 0 Å². The van der Waals surface area contributed by atoms with Crippen LogP contribution in [0.1, 0.15) is 25.5 Å². The zero-order valence-electron chi connectivity index (χ0n) is 8.80. The third-order valence-corrected chi connectivity index (χ3v) is 2.81. The lowest BCUT2D eigenvalue weighted by Gasteiger charge is -2.19. The Labute approximate surface area is 100 Å². The molecule has 0 aliphatic heterocycles. The van der Waals surface area contributed by atoms with Gasteiger partial charge >= 0.3 is 0 Å². The van der Waals surface area contributed by atoms with Crippen molar-refractivity contribution >= 4 is 23.2 Å². The molecule has 2 N–H and O–H groups in total. The fraction of sp³-hybridized carbons (Fsp3) is 0.455. The Morgan fingerprint density at radius 2 is 2.00 bits per heavy atom. The van der Waals surface area contributed by atoms with Gasteiger partial charge in [0.15, 0.2) is 0 Å². The molecule has 0 amide bonds. The molecule has 0 fully saturated rings. The molecule has 0 bridgehead atoms. The number of nitrogens with one attached hydrogen (secondary N) is 1. The zero-order chi connectivity index (χ0) is 11.4. The van der Waals surface area contributed by atoms with E-state index in [0.717, 1.165) is 5.56 Å². The van der Waals surface area contributed by atoms with E-state index < -0.39 is 0 Å². The first-order chi connectivity index (χ1) is 7.04. The quantitative estimate of drug-likeness (QED) is 0.858. The lowest BCUT2D eigenvalue weighted by molar-refractivity contribution is 0.243. The van der Waals surface area contributed by atoms with Crippen LogP contribution in [0.15, 0.2) is 18.2 Å². The molecule has 1 aromatic rings. The normalized spacial score (nSPS) is 15.0. The van der Waals surface area contributed by atoms with Crippen LogP contribution in [0.5, 0.6) is 0 Å². The minimum absolute atomic E-state index is 0.0371. The smallest absolute Gasteiger partial charge is 0.0582 e. The predicted octanol–water partition coefficient (Wildman–Crippen LogP) is 3.02. The summed E-state index contributed by atoms with van der Waals surface area (Å²) in [6.07, 6.45) is 0. The first-order valence-electron chi connectivity index (χ1n) is 4.86. The summed E-state index contributed by atoms with van der Waals surface area (Å²) in [4.78, 5) is 0. The van der Waals surface area contributed by atoms with Crippen molar-refractivity contribution in [1.29, 1.82) is 0 Å². The predicted molar refractivity (Wildman–Crippen MR) is 64.6 cm³/mol. The summed E-state index contributed by atoms with van der Waals surface area (Å²) in [5, 5.41) is 13.5. The first kappa shape index (κ1) is 12.8. The second-order valence-corrected chi connectivity index (χ2v) is 4.48. The fourth-order valence-electron chi connectivity index (χ4n) is 1.42. The molecule has 0 saturated carbocycles. The van der Waals surface area contributed by atoms with Gasteiger partial charge in [-0.3, -0.25) is 0 Å². The Balaban J connectivity index is 2.80. The van der Waals surface area contributed by atoms with E-state index in [1.54, 1.807) is 12.1 Å². The molecule has 15 heavy (non-hydrogen) atoms. The van der Waals surface area contributed by atoms with Gasteiger partial charge in [0, 0.05) is 22.1 Å². The molecule has 2 atom stereocenters. The van der Waals surface area contributed by atoms with Gasteiger partial charge in [0.1, 0.15) is 0 Å². The molecule has 0 aromatic heterocycles. The number of benzene rings is 1. The maximum atomic E-state index is 8.93. The zero-order valence-corrected chi connectivity index (χ0v) is 10.3. The summed E-state index contributed by atoms with van der Waals surface area (Å²) in [5.41, 5.74) is 0.949. The van der Waals surface area contributed by atoms with Gasteiger partial charge in [0.25, 0.3) is 0 Å². The van der Waals surface area contributed by atoms with E-state index in [1.807, 2.05) is 19.9 Å². The molecule has 0 aliphatic rings. The van der Waals surface area contributed by atoms with E-state index in [9.17, 15) is 0 Å². The van der Waals surface area contributed by atoms with Crippen molar-refractivity contribution in [2.45, 2.75) is 25.9 Å². The highest BCUT2D eigenvalue weighted by Gasteiger charge is 2.12. The van der Waals surface area contributed by atoms with Gasteiger partial charge in [-0.15, -0.1) is 0 Å². The second kappa shape index (κ2) is 5.71. The lowest BCUT2D eigenvalue weighted by Crippen LogP contribution is -2.31. The average Bonchev–Trinajstić information content (AvgIpc) is 2.21. The Morgan fingerprint density at radius 1 is 1.33 bits per heavy atom. The van der Waals surface area contributed by atoms with Crippen molar-refractivity contribution in [1.82, 2.24) is 5.32 Å². The molecule has 0 radical (unpaired) electrons. The van der Waals surface area contributed by atoms with Crippen molar-refractivity contribution in [2.75, 3.05) is 6.61 Å². The third kappa shape index (κ3) is 3.65. The highest BCUT2D eigenvalue weighted by atomic mass is 35.5. The van der Waals surface area contributed by atoms with Gasteiger partial charge in [-0.25, -0.2) is 0 Å². The minimum atomic E-state index is 0.0371. The molecule has 1 aromatic carbocycles. The summed E-state index contributed by atoms with van der Waals surface area (Å²) in [7, 11) is 0. The van der Waals surface area contributed by atoms with Crippen molar-refractivity contribution in [3.63, 3.8) is 0 Å². The summed E-state index contributed by atoms with van der Waals surface area (Å²) < 4.78 is 0. The molecule has 0 spiro atoms. The van der Waals surface area contributed by atoms with Crippen molar-refractivity contribution in [3.8, 4) is 0 Å². The Hall–Kier alpha value is -0.280. The minimum Gasteiger partial charge on any atom is -0.395 e. The van der Waals surface area contributed by atoms with Crippen LogP contribution >= 0.6 is 23.2 Å². The van der Waals surface area contributed by atoms with Crippen molar-refractivity contribution < 1.29 is 5.11 Å². The summed E-state index contributed by atoms with van der Waals surface area (Å²) in [6, 6.07) is 5.48. The van der Waals surface area contributed by atoms with Crippen molar-refractivity contribution in [3.05, 3.63) is 33.8 Å². The lowest BCUT2D eigenvalue weighted by atomic mass is 10.1. The Bertz CT molecular complexity index is 330. The number of hydrogen-bond acceptors (Lipinski definition) is 2. The van der Waals surface area contributed by atoms with E-state index in [4.69, 9.17) is 28.3 Å². The van der Waals surface area contributed by atoms with Gasteiger partial charge in [0.2, 0.25) is 0 Å². The summed E-state index contributed by atoms with van der Waals surface area (Å²) in [6.45, 7) is 4.00. The molecule has 2 unspecified atom stereocenters. The van der Waals surface area contributed by atoms with Crippen LogP contribution < -0.4 is 5.32 Å². The molecule has 0 saturated heterocycles.